The van der Waals surface area contributed by atoms with Crippen LogP contribution in [0, 0.1) is 6.92 Å². The Bertz CT molecular complexity index is 806. The highest BCUT2D eigenvalue weighted by Crippen LogP contribution is 2.28. The van der Waals surface area contributed by atoms with Gasteiger partial charge in [0.25, 0.3) is 0 Å². The van der Waals surface area contributed by atoms with Crippen LogP contribution in [0.1, 0.15) is 16.1 Å². The Morgan fingerprint density at radius 3 is 2.62 bits per heavy atom. The lowest BCUT2D eigenvalue weighted by atomic mass is 10.1. The van der Waals surface area contributed by atoms with Gasteiger partial charge >= 0.3 is 0 Å². The number of benzene rings is 1. The summed E-state index contributed by atoms with van der Waals surface area (Å²) in [6.07, 6.45) is 1.03. The van der Waals surface area contributed by atoms with Crippen LogP contribution in [-0.2, 0) is 17.1 Å². The predicted molar refractivity (Wildman–Crippen MR) is 81.4 cm³/mol. The van der Waals surface area contributed by atoms with Gasteiger partial charge in [-0.15, -0.1) is 0 Å². The zero-order valence-corrected chi connectivity index (χ0v) is 13.2. The second kappa shape index (κ2) is 5.50. The lowest BCUT2D eigenvalue weighted by molar-refractivity contribution is 0.0998. The van der Waals surface area contributed by atoms with Gasteiger partial charge in [0.15, 0.2) is 5.78 Å². The van der Waals surface area contributed by atoms with Crippen molar-refractivity contribution in [2.24, 2.45) is 7.05 Å². The molecule has 0 saturated heterocycles. The van der Waals surface area contributed by atoms with Crippen molar-refractivity contribution in [3.05, 3.63) is 29.5 Å². The number of ketones is 1. The highest BCUT2D eigenvalue weighted by molar-refractivity contribution is 7.88. The molecule has 7 heteroatoms. The minimum Gasteiger partial charge on any atom is -0.497 e. The molecule has 0 amide bonds. The van der Waals surface area contributed by atoms with Crippen molar-refractivity contribution < 1.29 is 17.9 Å². The summed E-state index contributed by atoms with van der Waals surface area (Å²) in [4.78, 5) is 12.4. The van der Waals surface area contributed by atoms with Crippen LogP contribution in [0.15, 0.2) is 18.2 Å². The lowest BCUT2D eigenvalue weighted by Gasteiger charge is -2.04. The van der Waals surface area contributed by atoms with E-state index >= 15 is 0 Å². The Morgan fingerprint density at radius 1 is 1.38 bits per heavy atom. The summed E-state index contributed by atoms with van der Waals surface area (Å²) < 4.78 is 31.6. The number of Topliss-reactive ketones (excluding diaryl/α,β-unsaturated/α-hetero) is 1. The maximum absolute atomic E-state index is 12.4. The number of ether oxygens (including phenoxy) is 1. The van der Waals surface area contributed by atoms with Crippen LogP contribution in [0.2, 0.25) is 0 Å². The van der Waals surface area contributed by atoms with Crippen molar-refractivity contribution in [1.29, 1.82) is 0 Å². The Labute approximate surface area is 123 Å². The van der Waals surface area contributed by atoms with Gasteiger partial charge in [-0.3, -0.25) is 4.79 Å². The largest absolute Gasteiger partial charge is 0.497 e. The third-order valence-corrected chi connectivity index (χ3v) is 4.14. The summed E-state index contributed by atoms with van der Waals surface area (Å²) in [7, 11) is 0.0235. The van der Waals surface area contributed by atoms with Crippen molar-refractivity contribution >= 4 is 26.7 Å². The number of nitrogens with zero attached hydrogens (tertiary/aromatic N) is 1. The van der Waals surface area contributed by atoms with E-state index in [1.54, 1.807) is 13.2 Å². The number of nitrogens with one attached hydrogen (secondary N) is 1. The average Bonchev–Trinajstić information content (AvgIpc) is 2.67. The van der Waals surface area contributed by atoms with Crippen LogP contribution in [-0.4, -0.2) is 38.7 Å². The van der Waals surface area contributed by atoms with Crippen LogP contribution < -0.4 is 9.46 Å². The minimum atomic E-state index is -3.40. The molecule has 0 aliphatic carbocycles. The number of aryl methyl sites for hydroxylation is 1. The van der Waals surface area contributed by atoms with Gasteiger partial charge in [0.2, 0.25) is 10.0 Å². The van der Waals surface area contributed by atoms with E-state index in [4.69, 9.17) is 4.74 Å². The molecule has 0 saturated carbocycles. The molecule has 0 aliphatic rings. The molecule has 0 bridgehead atoms. The zero-order valence-electron chi connectivity index (χ0n) is 12.4. The van der Waals surface area contributed by atoms with E-state index in [2.05, 4.69) is 4.72 Å². The second-order valence-electron chi connectivity index (χ2n) is 4.92. The summed E-state index contributed by atoms with van der Waals surface area (Å²) in [5.41, 5.74) is 2.21. The van der Waals surface area contributed by atoms with E-state index in [1.807, 2.05) is 30.7 Å². The van der Waals surface area contributed by atoms with Crippen LogP contribution >= 0.6 is 0 Å². The molecule has 21 heavy (non-hydrogen) atoms. The molecule has 1 aromatic carbocycles. The van der Waals surface area contributed by atoms with Crippen LogP contribution in [0.25, 0.3) is 10.9 Å². The summed E-state index contributed by atoms with van der Waals surface area (Å²) in [5.74, 6) is 0.384. The van der Waals surface area contributed by atoms with E-state index in [0.717, 1.165) is 22.9 Å². The van der Waals surface area contributed by atoms with E-state index in [1.165, 1.54) is 0 Å². The number of hydrogen-bond donors (Lipinski definition) is 1. The molecule has 2 aromatic rings. The highest BCUT2D eigenvalue weighted by Gasteiger charge is 2.19. The van der Waals surface area contributed by atoms with Crippen molar-refractivity contribution in [1.82, 2.24) is 9.29 Å². The lowest BCUT2D eigenvalue weighted by Crippen LogP contribution is -2.28. The number of carbonyl (C=O) groups excluding carboxylic acids is 1. The number of carbonyl (C=O) groups is 1. The molecule has 0 unspecified atom stereocenters. The first-order chi connectivity index (χ1) is 9.74. The molecule has 1 N–H and O–H groups in total. The number of methoxy groups -OCH3 is 1. The molecule has 114 valence electrons. The fourth-order valence-electron chi connectivity index (χ4n) is 2.32. The number of sulfonamides is 1. The molecule has 0 atom stereocenters. The molecule has 0 radical (unpaired) electrons. The van der Waals surface area contributed by atoms with Gasteiger partial charge in [-0.05, 0) is 25.1 Å². The molecule has 0 spiro atoms. The average molecular weight is 310 g/mol. The summed E-state index contributed by atoms with van der Waals surface area (Å²) in [6, 6.07) is 5.49. The number of rotatable bonds is 5. The Morgan fingerprint density at radius 2 is 2.05 bits per heavy atom. The maximum atomic E-state index is 12.4. The Balaban J connectivity index is 2.51. The first-order valence-corrected chi connectivity index (χ1v) is 8.24. The van der Waals surface area contributed by atoms with Crippen molar-refractivity contribution in [3.63, 3.8) is 0 Å². The standard InChI is InChI=1S/C14H18N2O4S/c1-9-14(13(17)8-15-21(4,18)19)11-7-10(20-3)5-6-12(11)16(9)2/h5-7,15H,8H2,1-4H3. The molecule has 0 fully saturated rings. The third-order valence-electron chi connectivity index (χ3n) is 3.47. The molecule has 1 aromatic heterocycles. The molecule has 0 aliphatic heterocycles. The monoisotopic (exact) mass is 310 g/mol. The Kier molecular flexibility index (Phi) is 4.06. The van der Waals surface area contributed by atoms with E-state index < -0.39 is 10.0 Å². The molecule has 2 rings (SSSR count). The maximum Gasteiger partial charge on any atom is 0.209 e. The van der Waals surface area contributed by atoms with Crippen molar-refractivity contribution in [2.45, 2.75) is 6.92 Å². The zero-order chi connectivity index (χ0) is 15.8. The van der Waals surface area contributed by atoms with Gasteiger partial charge in [0, 0.05) is 29.2 Å². The van der Waals surface area contributed by atoms with E-state index in [-0.39, 0.29) is 12.3 Å². The van der Waals surface area contributed by atoms with Gasteiger partial charge in [0.05, 0.1) is 19.9 Å². The van der Waals surface area contributed by atoms with Crippen LogP contribution in [0.5, 0.6) is 5.75 Å². The van der Waals surface area contributed by atoms with Crippen molar-refractivity contribution in [3.8, 4) is 5.75 Å². The predicted octanol–water partition coefficient (Wildman–Crippen LogP) is 1.23. The van der Waals surface area contributed by atoms with Gasteiger partial charge in [-0.1, -0.05) is 0 Å². The topological polar surface area (TPSA) is 77.4 Å². The first-order valence-electron chi connectivity index (χ1n) is 6.35. The summed E-state index contributed by atoms with van der Waals surface area (Å²) >= 11 is 0. The minimum absolute atomic E-state index is 0.254. The van der Waals surface area contributed by atoms with Gasteiger partial charge in [0.1, 0.15) is 5.75 Å². The first kappa shape index (κ1) is 15.5. The van der Waals surface area contributed by atoms with Gasteiger partial charge in [-0.25, -0.2) is 13.1 Å². The fraction of sp³-hybridized carbons (Fsp3) is 0.357. The number of aromatic nitrogens is 1. The Hall–Kier alpha value is -1.86. The molecule has 1 heterocycles. The quantitative estimate of drug-likeness (QED) is 0.843. The number of fused-ring (bicyclic) bond motifs is 1. The van der Waals surface area contributed by atoms with Crippen LogP contribution in [0.4, 0.5) is 0 Å². The smallest absolute Gasteiger partial charge is 0.209 e. The summed E-state index contributed by atoms with van der Waals surface area (Å²) in [5, 5.41) is 0.759. The highest BCUT2D eigenvalue weighted by atomic mass is 32.2. The normalized spacial score (nSPS) is 11.8. The van der Waals surface area contributed by atoms with E-state index in [0.29, 0.717) is 11.3 Å². The van der Waals surface area contributed by atoms with Gasteiger partial charge < -0.3 is 9.30 Å². The van der Waals surface area contributed by atoms with Crippen LogP contribution in [0.3, 0.4) is 0 Å². The second-order valence-corrected chi connectivity index (χ2v) is 6.75. The SMILES string of the molecule is COc1ccc2c(c1)c(C(=O)CNS(C)(=O)=O)c(C)n2C. The number of hydrogen-bond acceptors (Lipinski definition) is 4. The van der Waals surface area contributed by atoms with E-state index in [9.17, 15) is 13.2 Å². The molecular formula is C14H18N2O4S. The molecular weight excluding hydrogens is 292 g/mol. The third kappa shape index (κ3) is 3.08. The fourth-order valence-corrected chi connectivity index (χ4v) is 2.71. The van der Waals surface area contributed by atoms with Crippen molar-refractivity contribution in [2.75, 3.05) is 19.9 Å². The summed E-state index contributed by atoms with van der Waals surface area (Å²) in [6.45, 7) is 1.58. The molecule has 6 nitrogen and oxygen atoms in total. The van der Waals surface area contributed by atoms with Gasteiger partial charge in [-0.2, -0.15) is 0 Å².